The lowest BCUT2D eigenvalue weighted by Gasteiger charge is -2.25. The van der Waals surface area contributed by atoms with Gasteiger partial charge in [0.25, 0.3) is 0 Å². The number of halogens is 2. The lowest BCUT2D eigenvalue weighted by Crippen LogP contribution is -2.34. The zero-order valence-electron chi connectivity index (χ0n) is 16.2. The minimum absolute atomic E-state index is 0.00288. The first-order chi connectivity index (χ1) is 13.6. The van der Waals surface area contributed by atoms with Gasteiger partial charge in [-0.25, -0.2) is 0 Å². The highest BCUT2D eigenvalue weighted by Gasteiger charge is 2.17. The van der Waals surface area contributed by atoms with Crippen molar-refractivity contribution in [1.29, 1.82) is 0 Å². The fourth-order valence-electron chi connectivity index (χ4n) is 3.76. The normalized spacial score (nSPS) is 16.4. The van der Waals surface area contributed by atoms with Crippen LogP contribution >= 0.6 is 23.2 Å². The van der Waals surface area contributed by atoms with E-state index >= 15 is 0 Å². The Hall–Kier alpha value is -1.55. The van der Waals surface area contributed by atoms with Gasteiger partial charge in [-0.1, -0.05) is 72.4 Å². The Morgan fingerprint density at radius 2 is 1.68 bits per heavy atom. The Morgan fingerprint density at radius 3 is 2.36 bits per heavy atom. The Labute approximate surface area is 178 Å². The van der Waals surface area contributed by atoms with Crippen molar-refractivity contribution in [3.63, 3.8) is 0 Å². The van der Waals surface area contributed by atoms with Gasteiger partial charge in [-0.15, -0.1) is 0 Å². The maximum Gasteiger partial charge on any atom is 0.224 e. The number of nitrogens with zero attached hydrogens (tertiary/aromatic N) is 1. The van der Waals surface area contributed by atoms with Gasteiger partial charge in [0.05, 0.1) is 22.5 Å². The summed E-state index contributed by atoms with van der Waals surface area (Å²) in [5, 5.41) is 4.21. The number of nitrogens with one attached hydrogen (secondary N) is 1. The average Bonchev–Trinajstić information content (AvgIpc) is 2.97. The molecule has 28 heavy (non-hydrogen) atoms. The van der Waals surface area contributed by atoms with E-state index < -0.39 is 0 Å². The summed E-state index contributed by atoms with van der Waals surface area (Å²) in [6.45, 7) is 3.34. The number of hydrogen-bond acceptors (Lipinski definition) is 2. The van der Waals surface area contributed by atoms with Crippen molar-refractivity contribution in [3.05, 3.63) is 69.7 Å². The molecule has 1 fully saturated rings. The number of carbonyl (C=O) groups is 1. The van der Waals surface area contributed by atoms with E-state index in [0.29, 0.717) is 16.5 Å². The zero-order chi connectivity index (χ0) is 19.8. The van der Waals surface area contributed by atoms with Gasteiger partial charge in [-0.2, -0.15) is 0 Å². The molecule has 0 spiro atoms. The molecule has 1 N–H and O–H groups in total. The molecule has 1 aliphatic rings. The lowest BCUT2D eigenvalue weighted by atomic mass is 10.0. The summed E-state index contributed by atoms with van der Waals surface area (Å²) in [6.07, 6.45) is 6.43. The van der Waals surface area contributed by atoms with Crippen LogP contribution in [-0.2, 0) is 11.2 Å². The molecule has 1 atom stereocenters. The van der Waals surface area contributed by atoms with E-state index in [1.807, 2.05) is 24.3 Å². The second kappa shape index (κ2) is 10.8. The van der Waals surface area contributed by atoms with Crippen LogP contribution in [0.2, 0.25) is 10.0 Å². The van der Waals surface area contributed by atoms with Crippen LogP contribution < -0.4 is 5.32 Å². The van der Waals surface area contributed by atoms with Crippen LogP contribution in [-0.4, -0.2) is 30.4 Å². The molecule has 3 rings (SSSR count). The molecule has 0 aliphatic carbocycles. The topological polar surface area (TPSA) is 32.3 Å². The Kier molecular flexibility index (Phi) is 8.20. The summed E-state index contributed by atoms with van der Waals surface area (Å²) in [5.74, 6) is 0.00288. The van der Waals surface area contributed by atoms with Gasteiger partial charge >= 0.3 is 0 Å². The molecule has 0 saturated carbocycles. The third kappa shape index (κ3) is 6.51. The minimum Gasteiger partial charge on any atom is -0.349 e. The van der Waals surface area contributed by atoms with Crippen LogP contribution in [0, 0.1) is 0 Å². The lowest BCUT2D eigenvalue weighted by molar-refractivity contribution is -0.121. The van der Waals surface area contributed by atoms with Crippen LogP contribution in [0.5, 0.6) is 0 Å². The minimum atomic E-state index is 0.00288. The quantitative estimate of drug-likeness (QED) is 0.628. The number of carbonyl (C=O) groups excluding carboxylic acids is 1. The molecule has 2 aromatic rings. The van der Waals surface area contributed by atoms with Crippen LogP contribution in [0.25, 0.3) is 0 Å². The molecule has 0 bridgehead atoms. The molecular formula is C23H28Cl2N2O. The fraction of sp³-hybridized carbons (Fsp3) is 0.435. The fourth-order valence-corrected chi connectivity index (χ4v) is 4.08. The van der Waals surface area contributed by atoms with Crippen molar-refractivity contribution in [2.45, 2.75) is 44.6 Å². The number of amides is 1. The van der Waals surface area contributed by atoms with Crippen molar-refractivity contribution in [1.82, 2.24) is 10.2 Å². The predicted molar refractivity (Wildman–Crippen MR) is 117 cm³/mol. The molecule has 2 aromatic carbocycles. The number of hydrogen-bond donors (Lipinski definition) is 1. The second-order valence-electron chi connectivity index (χ2n) is 7.50. The van der Waals surface area contributed by atoms with E-state index in [1.54, 1.807) is 12.1 Å². The van der Waals surface area contributed by atoms with Gasteiger partial charge in [0.2, 0.25) is 5.91 Å². The summed E-state index contributed by atoms with van der Waals surface area (Å²) in [7, 11) is 0. The van der Waals surface area contributed by atoms with Crippen LogP contribution in [0.1, 0.15) is 49.3 Å². The highest BCUT2D eigenvalue weighted by atomic mass is 35.5. The van der Waals surface area contributed by atoms with Crippen molar-refractivity contribution >= 4 is 29.1 Å². The summed E-state index contributed by atoms with van der Waals surface area (Å²) >= 11 is 12.0. The van der Waals surface area contributed by atoms with Gasteiger partial charge in [0.1, 0.15) is 0 Å². The summed E-state index contributed by atoms with van der Waals surface area (Å²) in [4.78, 5) is 15.2. The summed E-state index contributed by atoms with van der Waals surface area (Å²) < 4.78 is 0. The molecular weight excluding hydrogens is 391 g/mol. The number of likely N-dealkylation sites (tertiary alicyclic amines) is 1. The van der Waals surface area contributed by atoms with Crippen molar-refractivity contribution in [2.24, 2.45) is 0 Å². The van der Waals surface area contributed by atoms with Crippen molar-refractivity contribution < 1.29 is 4.79 Å². The Balaban J connectivity index is 1.62. The van der Waals surface area contributed by atoms with E-state index in [2.05, 4.69) is 22.3 Å². The monoisotopic (exact) mass is 418 g/mol. The predicted octanol–water partition coefficient (Wildman–Crippen LogP) is 5.66. The molecule has 1 unspecified atom stereocenters. The van der Waals surface area contributed by atoms with E-state index in [4.69, 9.17) is 23.2 Å². The molecule has 1 amide bonds. The third-order valence-corrected chi connectivity index (χ3v) is 6.06. The molecule has 0 radical (unpaired) electrons. The van der Waals surface area contributed by atoms with Crippen LogP contribution in [0.15, 0.2) is 48.5 Å². The first-order valence-corrected chi connectivity index (χ1v) is 10.9. The number of rotatable bonds is 7. The molecule has 1 aliphatic heterocycles. The molecule has 5 heteroatoms. The van der Waals surface area contributed by atoms with Crippen LogP contribution in [0.4, 0.5) is 0 Å². The molecule has 0 aromatic heterocycles. The molecule has 1 heterocycles. The standard InChI is InChI=1S/C23H28Cl2N2O/c24-20-11-10-18(16-21(20)25)17-23(28)26-22(19-8-4-3-5-9-19)12-15-27-13-6-1-2-7-14-27/h3-5,8-11,16,22H,1-2,6-7,12-15,17H2,(H,26,28). The Bertz CT molecular complexity index is 758. The highest BCUT2D eigenvalue weighted by molar-refractivity contribution is 6.42. The molecule has 3 nitrogen and oxygen atoms in total. The number of benzene rings is 2. The third-order valence-electron chi connectivity index (χ3n) is 5.32. The van der Waals surface area contributed by atoms with Crippen molar-refractivity contribution in [2.75, 3.05) is 19.6 Å². The van der Waals surface area contributed by atoms with Crippen LogP contribution in [0.3, 0.4) is 0 Å². The Morgan fingerprint density at radius 1 is 0.964 bits per heavy atom. The van der Waals surface area contributed by atoms with Gasteiger partial charge in [0.15, 0.2) is 0 Å². The average molecular weight is 419 g/mol. The van der Waals surface area contributed by atoms with E-state index in [9.17, 15) is 4.79 Å². The maximum absolute atomic E-state index is 12.7. The van der Waals surface area contributed by atoms with Gasteiger partial charge in [0, 0.05) is 6.54 Å². The highest BCUT2D eigenvalue weighted by Crippen LogP contribution is 2.23. The largest absolute Gasteiger partial charge is 0.349 e. The SMILES string of the molecule is O=C(Cc1ccc(Cl)c(Cl)c1)NC(CCN1CCCCCC1)c1ccccc1. The van der Waals surface area contributed by atoms with E-state index in [0.717, 1.165) is 24.1 Å². The molecule has 150 valence electrons. The van der Waals surface area contributed by atoms with E-state index in [1.165, 1.54) is 38.8 Å². The van der Waals surface area contributed by atoms with E-state index in [-0.39, 0.29) is 11.9 Å². The summed E-state index contributed by atoms with van der Waals surface area (Å²) in [5.41, 5.74) is 2.02. The van der Waals surface area contributed by atoms with Gasteiger partial charge < -0.3 is 10.2 Å². The zero-order valence-corrected chi connectivity index (χ0v) is 17.7. The molecule has 1 saturated heterocycles. The first-order valence-electron chi connectivity index (χ1n) is 10.1. The maximum atomic E-state index is 12.7. The smallest absolute Gasteiger partial charge is 0.224 e. The summed E-state index contributed by atoms with van der Waals surface area (Å²) in [6, 6.07) is 15.6. The first kappa shape index (κ1) is 21.2. The second-order valence-corrected chi connectivity index (χ2v) is 8.31. The van der Waals surface area contributed by atoms with Gasteiger partial charge in [-0.05, 0) is 55.6 Å². The van der Waals surface area contributed by atoms with Crippen molar-refractivity contribution in [3.8, 4) is 0 Å². The van der Waals surface area contributed by atoms with Gasteiger partial charge in [-0.3, -0.25) is 4.79 Å².